The first kappa shape index (κ1) is 17.2. The van der Waals surface area contributed by atoms with Crippen molar-refractivity contribution in [2.75, 3.05) is 11.4 Å². The fraction of sp³-hybridized carbons (Fsp3) is 0.250. The molecule has 142 valence electrons. The summed E-state index contributed by atoms with van der Waals surface area (Å²) in [6.07, 6.45) is 4.48. The molecule has 8 heteroatoms. The van der Waals surface area contributed by atoms with Gasteiger partial charge in [-0.05, 0) is 36.4 Å². The Bertz CT molecular complexity index is 1000. The highest BCUT2D eigenvalue weighted by atomic mass is 35.5. The van der Waals surface area contributed by atoms with Gasteiger partial charge in [0.25, 0.3) is 5.91 Å². The first-order chi connectivity index (χ1) is 13.5. The summed E-state index contributed by atoms with van der Waals surface area (Å²) in [5.74, 6) is -2.17. The maximum Gasteiger partial charge on any atom is 0.287 e. The first-order valence-corrected chi connectivity index (χ1v) is 9.20. The number of carbonyl (C=O) groups excluding carboxylic acids is 3. The Labute approximate surface area is 164 Å². The van der Waals surface area contributed by atoms with Crippen LogP contribution in [0, 0.1) is 11.8 Å². The van der Waals surface area contributed by atoms with Crippen LogP contribution in [0.2, 0.25) is 5.02 Å². The number of nitrogens with zero attached hydrogens (tertiary/aromatic N) is 1. The SMILES string of the molecule is O=C(NC[C@@]12C=C[C@H](O1)[C@H]1C(=O)N(c3ccc(Cl)cc3)C(=O)[C@@H]12)c1ccco1. The standard InChI is InChI=1S/C20H15ClN2O5/c21-11-3-5-12(6-4-11)23-18(25)15-13-7-8-20(28-13,16(15)19(23)26)10-22-17(24)14-2-1-9-27-14/h1-9,13,15-16H,10H2,(H,22,24)/t13-,15+,16+,20+/m0/s1. The number of hydrogen-bond acceptors (Lipinski definition) is 5. The lowest BCUT2D eigenvalue weighted by Gasteiger charge is -2.29. The van der Waals surface area contributed by atoms with Gasteiger partial charge in [-0.1, -0.05) is 23.8 Å². The van der Waals surface area contributed by atoms with Crippen molar-refractivity contribution >= 4 is 35.0 Å². The highest BCUT2D eigenvalue weighted by Gasteiger charge is 2.67. The number of halogens is 1. The summed E-state index contributed by atoms with van der Waals surface area (Å²) >= 11 is 5.91. The number of benzene rings is 1. The van der Waals surface area contributed by atoms with Crippen molar-refractivity contribution in [2.45, 2.75) is 11.7 Å². The van der Waals surface area contributed by atoms with Crippen LogP contribution in [0.5, 0.6) is 0 Å². The third kappa shape index (κ3) is 2.36. The van der Waals surface area contributed by atoms with Crippen molar-refractivity contribution in [2.24, 2.45) is 11.8 Å². The van der Waals surface area contributed by atoms with E-state index in [1.54, 1.807) is 48.6 Å². The van der Waals surface area contributed by atoms with Crippen molar-refractivity contribution in [3.63, 3.8) is 0 Å². The Morgan fingerprint density at radius 3 is 2.68 bits per heavy atom. The van der Waals surface area contributed by atoms with Gasteiger partial charge in [-0.3, -0.25) is 14.4 Å². The number of carbonyl (C=O) groups is 3. The van der Waals surface area contributed by atoms with E-state index < -0.39 is 29.4 Å². The van der Waals surface area contributed by atoms with Gasteiger partial charge < -0.3 is 14.5 Å². The van der Waals surface area contributed by atoms with E-state index >= 15 is 0 Å². The normalized spacial score (nSPS) is 30.2. The van der Waals surface area contributed by atoms with Crippen molar-refractivity contribution in [1.82, 2.24) is 5.32 Å². The number of ether oxygens (including phenoxy) is 1. The molecule has 2 fully saturated rings. The molecule has 2 saturated heterocycles. The van der Waals surface area contributed by atoms with Gasteiger partial charge in [0.2, 0.25) is 11.8 Å². The van der Waals surface area contributed by atoms with Crippen LogP contribution in [0.1, 0.15) is 10.6 Å². The average molecular weight is 399 g/mol. The van der Waals surface area contributed by atoms with E-state index in [1.165, 1.54) is 11.2 Å². The first-order valence-electron chi connectivity index (χ1n) is 8.82. The molecule has 3 aliphatic heterocycles. The molecule has 0 spiro atoms. The number of amides is 3. The summed E-state index contributed by atoms with van der Waals surface area (Å²) < 4.78 is 11.1. The lowest BCUT2D eigenvalue weighted by molar-refractivity contribution is -0.126. The second-order valence-electron chi connectivity index (χ2n) is 7.05. The minimum atomic E-state index is -1.05. The molecule has 0 radical (unpaired) electrons. The summed E-state index contributed by atoms with van der Waals surface area (Å²) in [4.78, 5) is 39.6. The smallest absolute Gasteiger partial charge is 0.287 e. The molecule has 3 aliphatic rings. The molecule has 1 aromatic heterocycles. The van der Waals surface area contributed by atoms with E-state index in [0.717, 1.165) is 0 Å². The monoisotopic (exact) mass is 398 g/mol. The second-order valence-corrected chi connectivity index (χ2v) is 7.48. The van der Waals surface area contributed by atoms with Crippen molar-refractivity contribution in [3.8, 4) is 0 Å². The van der Waals surface area contributed by atoms with E-state index in [1.807, 2.05) is 0 Å². The van der Waals surface area contributed by atoms with Gasteiger partial charge in [0.05, 0.1) is 36.4 Å². The highest BCUT2D eigenvalue weighted by molar-refractivity contribution is 6.31. The Hall–Kier alpha value is -2.90. The van der Waals surface area contributed by atoms with Crippen LogP contribution in [-0.4, -0.2) is 36.0 Å². The predicted molar refractivity (Wildman–Crippen MR) is 98.7 cm³/mol. The molecule has 4 atom stereocenters. The molecule has 4 heterocycles. The van der Waals surface area contributed by atoms with E-state index in [9.17, 15) is 14.4 Å². The van der Waals surface area contributed by atoms with Gasteiger partial charge in [0.15, 0.2) is 5.76 Å². The van der Waals surface area contributed by atoms with E-state index in [-0.39, 0.29) is 24.1 Å². The lowest BCUT2D eigenvalue weighted by Crippen LogP contribution is -2.48. The van der Waals surface area contributed by atoms with Crippen LogP contribution in [0.3, 0.4) is 0 Å². The molecule has 2 bridgehead atoms. The number of fused-ring (bicyclic) bond motifs is 5. The third-order valence-electron chi connectivity index (χ3n) is 5.51. The Kier molecular flexibility index (Phi) is 3.72. The number of nitrogens with one attached hydrogen (secondary N) is 1. The van der Waals surface area contributed by atoms with E-state index in [4.69, 9.17) is 20.8 Å². The van der Waals surface area contributed by atoms with Gasteiger partial charge in [0, 0.05) is 5.02 Å². The second kappa shape index (κ2) is 6.05. The number of anilines is 1. The molecular formula is C20H15ClN2O5. The number of hydrogen-bond donors (Lipinski definition) is 1. The average Bonchev–Trinajstić information content (AvgIpc) is 3.45. The van der Waals surface area contributed by atoms with Gasteiger partial charge in [-0.15, -0.1) is 0 Å². The Morgan fingerprint density at radius 1 is 1.18 bits per heavy atom. The number of rotatable bonds is 4. The van der Waals surface area contributed by atoms with Crippen LogP contribution >= 0.6 is 11.6 Å². The third-order valence-corrected chi connectivity index (χ3v) is 5.76. The fourth-order valence-electron chi connectivity index (χ4n) is 4.26. The van der Waals surface area contributed by atoms with Crippen LogP contribution < -0.4 is 10.2 Å². The molecule has 0 saturated carbocycles. The molecule has 5 rings (SSSR count). The zero-order valence-electron chi connectivity index (χ0n) is 14.5. The van der Waals surface area contributed by atoms with Crippen LogP contribution in [-0.2, 0) is 14.3 Å². The van der Waals surface area contributed by atoms with Gasteiger partial charge in [-0.2, -0.15) is 0 Å². The molecule has 0 aliphatic carbocycles. The summed E-state index contributed by atoms with van der Waals surface area (Å²) in [5, 5.41) is 3.27. The fourth-order valence-corrected chi connectivity index (χ4v) is 4.39. The summed E-state index contributed by atoms with van der Waals surface area (Å²) in [6.45, 7) is 0.0637. The molecule has 1 aromatic carbocycles. The number of imide groups is 1. The van der Waals surface area contributed by atoms with Gasteiger partial charge in [-0.25, -0.2) is 4.90 Å². The lowest BCUT2D eigenvalue weighted by atomic mass is 9.77. The molecule has 3 amide bonds. The quantitative estimate of drug-likeness (QED) is 0.630. The van der Waals surface area contributed by atoms with Crippen LogP contribution in [0.25, 0.3) is 0 Å². The largest absolute Gasteiger partial charge is 0.459 e. The zero-order chi connectivity index (χ0) is 19.5. The molecule has 28 heavy (non-hydrogen) atoms. The maximum atomic E-state index is 13.2. The summed E-state index contributed by atoms with van der Waals surface area (Å²) in [5.41, 5.74) is -0.575. The van der Waals surface area contributed by atoms with E-state index in [0.29, 0.717) is 10.7 Å². The molecular weight excluding hydrogens is 384 g/mol. The Balaban J connectivity index is 1.42. The van der Waals surface area contributed by atoms with Crippen LogP contribution in [0.4, 0.5) is 5.69 Å². The molecule has 7 nitrogen and oxygen atoms in total. The van der Waals surface area contributed by atoms with Crippen molar-refractivity contribution in [3.05, 3.63) is 65.6 Å². The molecule has 1 N–H and O–H groups in total. The van der Waals surface area contributed by atoms with Crippen molar-refractivity contribution < 1.29 is 23.5 Å². The minimum Gasteiger partial charge on any atom is -0.459 e. The maximum absolute atomic E-state index is 13.2. The van der Waals surface area contributed by atoms with Gasteiger partial charge >= 0.3 is 0 Å². The highest BCUT2D eigenvalue weighted by Crippen LogP contribution is 2.52. The molecule has 0 unspecified atom stereocenters. The number of furan rings is 1. The predicted octanol–water partition coefficient (Wildman–Crippen LogP) is 2.18. The van der Waals surface area contributed by atoms with Gasteiger partial charge in [0.1, 0.15) is 5.60 Å². The van der Waals surface area contributed by atoms with E-state index in [2.05, 4.69) is 5.32 Å². The summed E-state index contributed by atoms with van der Waals surface area (Å²) in [6, 6.07) is 9.71. The summed E-state index contributed by atoms with van der Waals surface area (Å²) in [7, 11) is 0. The molecule has 2 aromatic rings. The van der Waals surface area contributed by atoms with Crippen LogP contribution in [0.15, 0.2) is 59.2 Å². The Morgan fingerprint density at radius 2 is 1.96 bits per heavy atom. The zero-order valence-corrected chi connectivity index (χ0v) is 15.3. The van der Waals surface area contributed by atoms with Crippen molar-refractivity contribution in [1.29, 1.82) is 0 Å². The topological polar surface area (TPSA) is 88.9 Å². The minimum absolute atomic E-state index is 0.0637.